The maximum absolute atomic E-state index is 6.26. The molecule has 1 rings (SSSR count). The van der Waals surface area contributed by atoms with Crippen LogP contribution in [0.1, 0.15) is 45.2 Å². The van der Waals surface area contributed by atoms with Crippen LogP contribution in [0.4, 0.5) is 0 Å². The van der Waals surface area contributed by atoms with Gasteiger partial charge < -0.3 is 15.2 Å². The van der Waals surface area contributed by atoms with Crippen LogP contribution in [0.25, 0.3) is 0 Å². The maximum Gasteiger partial charge on any atom is 0.137 e. The molecule has 4 nitrogen and oxygen atoms in total. The quantitative estimate of drug-likeness (QED) is 0.773. The molecule has 0 amide bonds. The maximum atomic E-state index is 6.26. The van der Waals surface area contributed by atoms with Gasteiger partial charge in [0, 0.05) is 12.8 Å². The Morgan fingerprint density at radius 3 is 2.61 bits per heavy atom. The zero-order valence-electron chi connectivity index (χ0n) is 11.6. The molecule has 4 heteroatoms. The molecule has 1 heterocycles. The predicted octanol–water partition coefficient (Wildman–Crippen LogP) is 2.69. The molecular weight excluding hydrogens is 228 g/mol. The molecule has 1 aromatic rings. The van der Waals surface area contributed by atoms with Gasteiger partial charge in [-0.15, -0.1) is 0 Å². The lowest BCUT2D eigenvalue weighted by Crippen LogP contribution is -2.29. The third-order valence-corrected chi connectivity index (χ3v) is 2.78. The summed E-state index contributed by atoms with van der Waals surface area (Å²) >= 11 is 0. The van der Waals surface area contributed by atoms with E-state index in [1.54, 1.807) is 12.4 Å². The summed E-state index contributed by atoms with van der Waals surface area (Å²) in [5.41, 5.74) is 7.22. The van der Waals surface area contributed by atoms with Crippen molar-refractivity contribution in [3.8, 4) is 5.75 Å². The highest BCUT2D eigenvalue weighted by Gasteiger charge is 2.19. The zero-order valence-corrected chi connectivity index (χ0v) is 11.6. The molecule has 0 aliphatic carbocycles. The van der Waals surface area contributed by atoms with E-state index < -0.39 is 0 Å². The second-order valence-corrected chi connectivity index (χ2v) is 4.20. The normalized spacial score (nSPS) is 14.2. The second kappa shape index (κ2) is 8.06. The lowest BCUT2D eigenvalue weighted by molar-refractivity contribution is 0.0373. The van der Waals surface area contributed by atoms with Crippen LogP contribution in [0.5, 0.6) is 5.75 Å². The van der Waals surface area contributed by atoms with Crippen LogP contribution in [-0.2, 0) is 4.74 Å². The molecular formula is C14H24N2O2. The van der Waals surface area contributed by atoms with Crippen LogP contribution in [0.2, 0.25) is 0 Å². The van der Waals surface area contributed by atoms with Gasteiger partial charge in [-0.05, 0) is 31.9 Å². The molecule has 1 aromatic heterocycles. The predicted molar refractivity (Wildman–Crippen MR) is 72.7 cm³/mol. The molecule has 0 saturated carbocycles. The molecule has 0 spiro atoms. The summed E-state index contributed by atoms with van der Waals surface area (Å²) in [6.07, 6.45) is 5.54. The smallest absolute Gasteiger partial charge is 0.137 e. The standard InChI is InChI=1S/C14H24N2O2/c1-4-7-13(18-6-3)14(15)11-8-12(17-5-2)10-16-9-11/h8-10,13-14H,4-7,15H2,1-3H3. The van der Waals surface area contributed by atoms with Crippen LogP contribution in [0, 0.1) is 0 Å². The molecule has 0 aliphatic rings. The third kappa shape index (κ3) is 4.27. The highest BCUT2D eigenvalue weighted by molar-refractivity contribution is 5.26. The van der Waals surface area contributed by atoms with Gasteiger partial charge in [0.05, 0.1) is 24.9 Å². The fraction of sp³-hybridized carbons (Fsp3) is 0.643. The number of pyridine rings is 1. The summed E-state index contributed by atoms with van der Waals surface area (Å²) in [4.78, 5) is 4.17. The average Bonchev–Trinajstić information content (AvgIpc) is 2.38. The summed E-state index contributed by atoms with van der Waals surface area (Å²) in [6, 6.07) is 1.79. The van der Waals surface area contributed by atoms with E-state index in [1.165, 1.54) is 0 Å². The van der Waals surface area contributed by atoms with E-state index in [-0.39, 0.29) is 12.1 Å². The Balaban J connectivity index is 2.79. The van der Waals surface area contributed by atoms with Crippen molar-refractivity contribution in [1.82, 2.24) is 4.98 Å². The summed E-state index contributed by atoms with van der Waals surface area (Å²) < 4.78 is 11.1. The third-order valence-electron chi connectivity index (χ3n) is 2.78. The van der Waals surface area contributed by atoms with E-state index >= 15 is 0 Å². The van der Waals surface area contributed by atoms with Crippen LogP contribution >= 0.6 is 0 Å². The Morgan fingerprint density at radius 1 is 1.22 bits per heavy atom. The SMILES string of the molecule is CCCC(OCC)C(N)c1cncc(OCC)c1. The fourth-order valence-electron chi connectivity index (χ4n) is 1.94. The minimum Gasteiger partial charge on any atom is -0.492 e. The Bertz CT molecular complexity index is 338. The second-order valence-electron chi connectivity index (χ2n) is 4.20. The molecule has 0 radical (unpaired) electrons. The van der Waals surface area contributed by atoms with Crippen molar-refractivity contribution >= 4 is 0 Å². The van der Waals surface area contributed by atoms with Gasteiger partial charge in [-0.1, -0.05) is 13.3 Å². The minimum atomic E-state index is -0.155. The van der Waals surface area contributed by atoms with Crippen LogP contribution in [0.15, 0.2) is 18.5 Å². The lowest BCUT2D eigenvalue weighted by atomic mass is 10.0. The summed E-state index contributed by atoms with van der Waals surface area (Å²) in [5.74, 6) is 0.761. The van der Waals surface area contributed by atoms with Gasteiger partial charge in [-0.25, -0.2) is 0 Å². The number of hydrogen-bond acceptors (Lipinski definition) is 4. The molecule has 0 fully saturated rings. The highest BCUT2D eigenvalue weighted by atomic mass is 16.5. The first-order valence-corrected chi connectivity index (χ1v) is 6.67. The van der Waals surface area contributed by atoms with Crippen LogP contribution < -0.4 is 10.5 Å². The van der Waals surface area contributed by atoms with Gasteiger partial charge in [0.25, 0.3) is 0 Å². The van der Waals surface area contributed by atoms with E-state index in [0.29, 0.717) is 13.2 Å². The van der Waals surface area contributed by atoms with Crippen molar-refractivity contribution in [2.45, 2.75) is 45.8 Å². The molecule has 0 saturated heterocycles. The van der Waals surface area contributed by atoms with Crippen molar-refractivity contribution in [3.05, 3.63) is 24.0 Å². The molecule has 0 aromatic carbocycles. The van der Waals surface area contributed by atoms with Crippen molar-refractivity contribution in [3.63, 3.8) is 0 Å². The van der Waals surface area contributed by atoms with Gasteiger partial charge in [0.15, 0.2) is 0 Å². The number of hydrogen-bond donors (Lipinski definition) is 1. The monoisotopic (exact) mass is 252 g/mol. The molecule has 2 atom stereocenters. The summed E-state index contributed by atoms with van der Waals surface area (Å²) in [6.45, 7) is 7.38. The van der Waals surface area contributed by atoms with Gasteiger partial charge in [0.1, 0.15) is 5.75 Å². The number of nitrogens with zero attached hydrogens (tertiary/aromatic N) is 1. The van der Waals surface area contributed by atoms with Crippen LogP contribution in [0.3, 0.4) is 0 Å². The zero-order chi connectivity index (χ0) is 13.4. The van der Waals surface area contributed by atoms with Crippen molar-refractivity contribution in [1.29, 1.82) is 0 Å². The number of aromatic nitrogens is 1. The van der Waals surface area contributed by atoms with Crippen molar-refractivity contribution in [2.24, 2.45) is 5.73 Å². The first-order valence-electron chi connectivity index (χ1n) is 6.67. The molecule has 2 N–H and O–H groups in total. The van der Waals surface area contributed by atoms with E-state index in [1.807, 2.05) is 19.9 Å². The summed E-state index contributed by atoms with van der Waals surface area (Å²) in [5, 5.41) is 0. The summed E-state index contributed by atoms with van der Waals surface area (Å²) in [7, 11) is 0. The topological polar surface area (TPSA) is 57.4 Å². The Morgan fingerprint density at radius 2 is 2.00 bits per heavy atom. The van der Waals surface area contributed by atoms with Crippen LogP contribution in [-0.4, -0.2) is 24.3 Å². The van der Waals surface area contributed by atoms with Gasteiger partial charge >= 0.3 is 0 Å². The van der Waals surface area contributed by atoms with Crippen molar-refractivity contribution in [2.75, 3.05) is 13.2 Å². The number of rotatable bonds is 8. The van der Waals surface area contributed by atoms with E-state index in [2.05, 4.69) is 11.9 Å². The van der Waals surface area contributed by atoms with E-state index in [9.17, 15) is 0 Å². The minimum absolute atomic E-state index is 0.0404. The molecule has 18 heavy (non-hydrogen) atoms. The average molecular weight is 252 g/mol. The van der Waals surface area contributed by atoms with E-state index in [4.69, 9.17) is 15.2 Å². The Labute approximate surface area is 110 Å². The van der Waals surface area contributed by atoms with Gasteiger partial charge in [0.2, 0.25) is 0 Å². The largest absolute Gasteiger partial charge is 0.492 e. The molecule has 0 aliphatic heterocycles. The number of nitrogens with two attached hydrogens (primary N) is 1. The van der Waals surface area contributed by atoms with Gasteiger partial charge in [-0.2, -0.15) is 0 Å². The Hall–Kier alpha value is -1.13. The fourth-order valence-corrected chi connectivity index (χ4v) is 1.94. The van der Waals surface area contributed by atoms with E-state index in [0.717, 1.165) is 24.2 Å². The Kier molecular flexibility index (Phi) is 6.68. The van der Waals surface area contributed by atoms with Gasteiger partial charge in [-0.3, -0.25) is 4.98 Å². The van der Waals surface area contributed by atoms with Crippen molar-refractivity contribution < 1.29 is 9.47 Å². The molecule has 2 unspecified atom stereocenters. The first-order chi connectivity index (χ1) is 8.72. The number of ether oxygens (including phenoxy) is 2. The first kappa shape index (κ1) is 14.9. The molecule has 102 valence electrons. The molecule has 0 bridgehead atoms. The lowest BCUT2D eigenvalue weighted by Gasteiger charge is -2.23. The highest BCUT2D eigenvalue weighted by Crippen LogP contribution is 2.22.